The third kappa shape index (κ3) is 4.70. The Morgan fingerprint density at radius 1 is 1.18 bits per heavy atom. The molecule has 0 spiro atoms. The Kier molecular flexibility index (Phi) is 6.60. The highest BCUT2D eigenvalue weighted by molar-refractivity contribution is 8.21. The molecule has 4 N–H and O–H groups in total. The molecule has 1 aromatic heterocycles. The predicted molar refractivity (Wildman–Crippen MR) is 134 cm³/mol. The van der Waals surface area contributed by atoms with E-state index in [2.05, 4.69) is 14.9 Å². The van der Waals surface area contributed by atoms with Crippen LogP contribution in [-0.4, -0.2) is 62.4 Å². The first-order valence-electron chi connectivity index (χ1n) is 11.8. The van der Waals surface area contributed by atoms with Crippen molar-refractivity contribution in [2.75, 3.05) is 31.1 Å². The summed E-state index contributed by atoms with van der Waals surface area (Å²) in [5.41, 5.74) is 1.12. The number of nitrogens with one attached hydrogen (secondary N) is 2. The minimum atomic E-state index is -3.27. The van der Waals surface area contributed by atoms with E-state index in [0.717, 1.165) is 18.7 Å². The second kappa shape index (κ2) is 9.50. The molecular formula is C23H30ClN5O4S. The smallest absolute Gasteiger partial charge is 0.255 e. The Morgan fingerprint density at radius 2 is 1.97 bits per heavy atom. The third-order valence-electron chi connectivity index (χ3n) is 7.08. The molecule has 1 aromatic carbocycles. The lowest BCUT2D eigenvalue weighted by Gasteiger charge is -2.38. The molecular weight excluding hydrogens is 478 g/mol. The van der Waals surface area contributed by atoms with Gasteiger partial charge < -0.3 is 10.2 Å². The Labute approximate surface area is 205 Å². The van der Waals surface area contributed by atoms with Crippen LogP contribution in [-0.2, 0) is 4.79 Å². The number of benzene rings is 1. The van der Waals surface area contributed by atoms with Gasteiger partial charge in [-0.25, -0.2) is 9.71 Å². The van der Waals surface area contributed by atoms with Crippen molar-refractivity contribution in [1.82, 2.24) is 19.3 Å². The number of fused-ring (bicyclic) bond motifs is 1. The molecule has 11 heteroatoms. The molecule has 3 fully saturated rings. The Hall–Kier alpha value is -2.11. The summed E-state index contributed by atoms with van der Waals surface area (Å²) in [6.45, 7) is 1.83. The molecule has 1 saturated carbocycles. The molecule has 0 unspecified atom stereocenters. The fourth-order valence-electron chi connectivity index (χ4n) is 5.29. The van der Waals surface area contributed by atoms with Crippen LogP contribution < -0.4 is 14.9 Å². The Morgan fingerprint density at radius 3 is 2.71 bits per heavy atom. The minimum absolute atomic E-state index is 0.0240. The van der Waals surface area contributed by atoms with E-state index in [9.17, 15) is 18.7 Å². The number of halogens is 1. The highest BCUT2D eigenvalue weighted by atomic mass is 35.5. The van der Waals surface area contributed by atoms with Gasteiger partial charge in [0.1, 0.15) is 12.4 Å². The van der Waals surface area contributed by atoms with Crippen molar-refractivity contribution in [2.24, 2.45) is 5.92 Å². The standard InChI is InChI=1S/C23H30ClN5O4S/c24-18-7-8-19-17(22(18)23(31)25-12-15-4-2-1-3-5-15)6-9-20(26-19)28-11-10-16(13-28)29-14-21(30)27-34(29,32)33/h6-9,15-16,32-33H,1-5,10-14H2,(H,25,31)(H,27,30)/t16-/m0/s1. The number of carbonyl (C=O) groups excluding carboxylic acids is 2. The lowest BCUT2D eigenvalue weighted by molar-refractivity contribution is -0.118. The average molecular weight is 508 g/mol. The SMILES string of the molecule is O=C1CN([C@H]2CCN(c3ccc4c(C(=O)NCC5CCCCC5)c(Cl)ccc4n3)C2)S(O)(O)N1. The predicted octanol–water partition coefficient (Wildman–Crippen LogP) is 3.79. The molecule has 0 bridgehead atoms. The molecule has 9 nitrogen and oxygen atoms in total. The summed E-state index contributed by atoms with van der Waals surface area (Å²) in [5.74, 6) is 0.710. The number of carbonyl (C=O) groups is 2. The molecule has 1 atom stereocenters. The Bertz CT molecular complexity index is 1110. The van der Waals surface area contributed by atoms with Gasteiger partial charge in [-0.15, -0.1) is 0 Å². The minimum Gasteiger partial charge on any atom is -0.355 e. The van der Waals surface area contributed by atoms with Crippen LogP contribution in [0, 0.1) is 5.92 Å². The zero-order chi connectivity index (χ0) is 23.9. The molecule has 3 aliphatic rings. The summed E-state index contributed by atoms with van der Waals surface area (Å²) in [7, 11) is -3.27. The van der Waals surface area contributed by atoms with Crippen LogP contribution >= 0.6 is 22.6 Å². The van der Waals surface area contributed by atoms with E-state index >= 15 is 0 Å². The first kappa shape index (κ1) is 23.6. The maximum Gasteiger partial charge on any atom is 0.255 e. The van der Waals surface area contributed by atoms with Crippen LogP contribution in [0.3, 0.4) is 0 Å². The number of hydrogen-bond donors (Lipinski definition) is 4. The molecule has 34 heavy (non-hydrogen) atoms. The fraction of sp³-hybridized carbons (Fsp3) is 0.522. The number of pyridine rings is 1. The van der Waals surface area contributed by atoms with Gasteiger partial charge in [-0.05, 0) is 60.4 Å². The van der Waals surface area contributed by atoms with Gasteiger partial charge in [-0.3, -0.25) is 18.7 Å². The zero-order valence-electron chi connectivity index (χ0n) is 18.9. The fourth-order valence-corrected chi connectivity index (χ4v) is 6.91. The monoisotopic (exact) mass is 507 g/mol. The summed E-state index contributed by atoms with van der Waals surface area (Å²) in [5, 5.41) is 4.18. The topological polar surface area (TPSA) is 118 Å². The highest BCUT2D eigenvalue weighted by Crippen LogP contribution is 2.45. The summed E-state index contributed by atoms with van der Waals surface area (Å²) < 4.78 is 24.0. The van der Waals surface area contributed by atoms with Crippen molar-refractivity contribution in [3.63, 3.8) is 0 Å². The van der Waals surface area contributed by atoms with E-state index in [1.165, 1.54) is 23.6 Å². The maximum absolute atomic E-state index is 13.0. The molecule has 2 saturated heterocycles. The summed E-state index contributed by atoms with van der Waals surface area (Å²) in [4.78, 5) is 31.5. The van der Waals surface area contributed by atoms with Crippen LogP contribution in [0.25, 0.3) is 10.9 Å². The molecule has 2 amide bonds. The van der Waals surface area contributed by atoms with Gasteiger partial charge in [-0.2, -0.15) is 4.31 Å². The second-order valence-electron chi connectivity index (χ2n) is 9.38. The summed E-state index contributed by atoms with van der Waals surface area (Å²) in [6, 6.07) is 7.09. The molecule has 2 aromatic rings. The first-order chi connectivity index (χ1) is 16.3. The van der Waals surface area contributed by atoms with Crippen molar-refractivity contribution in [1.29, 1.82) is 0 Å². The summed E-state index contributed by atoms with van der Waals surface area (Å²) >= 11 is 6.43. The average Bonchev–Trinajstić information content (AvgIpc) is 3.41. The number of anilines is 1. The van der Waals surface area contributed by atoms with Crippen molar-refractivity contribution in [3.05, 3.63) is 34.9 Å². The maximum atomic E-state index is 13.0. The lowest BCUT2D eigenvalue weighted by atomic mass is 9.89. The lowest BCUT2D eigenvalue weighted by Crippen LogP contribution is -2.38. The van der Waals surface area contributed by atoms with E-state index in [1.807, 2.05) is 18.2 Å². The third-order valence-corrected chi connectivity index (χ3v) is 8.98. The van der Waals surface area contributed by atoms with Gasteiger partial charge in [0.2, 0.25) is 0 Å². The van der Waals surface area contributed by atoms with Gasteiger partial charge in [0.05, 0.1) is 22.1 Å². The van der Waals surface area contributed by atoms with Crippen molar-refractivity contribution in [3.8, 4) is 0 Å². The van der Waals surface area contributed by atoms with E-state index in [-0.39, 0.29) is 24.4 Å². The quantitative estimate of drug-likeness (QED) is 0.486. The van der Waals surface area contributed by atoms with Gasteiger partial charge in [0.15, 0.2) is 0 Å². The number of hydrogen-bond acceptors (Lipinski definition) is 7. The van der Waals surface area contributed by atoms with E-state index in [0.29, 0.717) is 53.5 Å². The zero-order valence-corrected chi connectivity index (χ0v) is 20.4. The summed E-state index contributed by atoms with van der Waals surface area (Å²) in [6.07, 6.45) is 6.72. The first-order valence-corrected chi connectivity index (χ1v) is 13.7. The van der Waals surface area contributed by atoms with Crippen LogP contribution in [0.4, 0.5) is 5.82 Å². The van der Waals surface area contributed by atoms with Crippen LogP contribution in [0.1, 0.15) is 48.9 Å². The number of rotatable bonds is 5. The normalized spacial score (nSPS) is 24.4. The largest absolute Gasteiger partial charge is 0.355 e. The molecule has 184 valence electrons. The molecule has 1 aliphatic carbocycles. The number of amides is 2. The van der Waals surface area contributed by atoms with Gasteiger partial charge in [0, 0.05) is 25.0 Å². The van der Waals surface area contributed by atoms with Crippen LogP contribution in [0.5, 0.6) is 0 Å². The molecule has 5 rings (SSSR count). The molecule has 2 aliphatic heterocycles. The van der Waals surface area contributed by atoms with Crippen molar-refractivity contribution < 1.29 is 18.7 Å². The van der Waals surface area contributed by atoms with E-state index < -0.39 is 11.0 Å². The number of nitrogens with zero attached hydrogens (tertiary/aromatic N) is 3. The Balaban J connectivity index is 1.32. The van der Waals surface area contributed by atoms with Gasteiger partial charge in [0.25, 0.3) is 11.8 Å². The van der Waals surface area contributed by atoms with Gasteiger partial charge >= 0.3 is 0 Å². The van der Waals surface area contributed by atoms with E-state index in [4.69, 9.17) is 16.6 Å². The highest BCUT2D eigenvalue weighted by Gasteiger charge is 2.42. The van der Waals surface area contributed by atoms with Crippen LogP contribution in [0.2, 0.25) is 5.02 Å². The number of aromatic nitrogens is 1. The second-order valence-corrected chi connectivity index (χ2v) is 11.5. The van der Waals surface area contributed by atoms with Crippen molar-refractivity contribution in [2.45, 2.75) is 44.6 Å². The van der Waals surface area contributed by atoms with Gasteiger partial charge in [-0.1, -0.05) is 30.9 Å². The van der Waals surface area contributed by atoms with Crippen LogP contribution in [0.15, 0.2) is 24.3 Å². The molecule has 0 radical (unpaired) electrons. The molecule has 3 heterocycles. The van der Waals surface area contributed by atoms with E-state index in [1.54, 1.807) is 6.07 Å². The van der Waals surface area contributed by atoms with Crippen molar-refractivity contribution >= 4 is 51.1 Å².